The quantitative estimate of drug-likeness (QED) is 0.476. The third-order valence-corrected chi connectivity index (χ3v) is 5.44. The largest absolute Gasteiger partial charge is 0.461 e. The van der Waals surface area contributed by atoms with Crippen molar-refractivity contribution in [2.75, 3.05) is 5.32 Å². The first-order chi connectivity index (χ1) is 14.7. The van der Waals surface area contributed by atoms with Crippen molar-refractivity contribution in [3.63, 3.8) is 0 Å². The number of nitrogens with two attached hydrogens (primary N) is 1. The van der Waals surface area contributed by atoms with Gasteiger partial charge in [-0.05, 0) is 26.3 Å². The first-order valence-electron chi connectivity index (χ1n) is 9.71. The molecule has 3 rings (SSSR count). The third-order valence-electron chi connectivity index (χ3n) is 4.33. The Labute approximate surface area is 182 Å². The van der Waals surface area contributed by atoms with E-state index < -0.39 is 17.6 Å². The van der Waals surface area contributed by atoms with Gasteiger partial charge in [0.05, 0.1) is 12.5 Å². The molecular weight excluding hydrogens is 420 g/mol. The van der Waals surface area contributed by atoms with Crippen LogP contribution in [0.3, 0.4) is 0 Å². The number of fused-ring (bicyclic) bond motifs is 1. The van der Waals surface area contributed by atoms with E-state index in [-0.39, 0.29) is 36.4 Å². The predicted octanol–water partition coefficient (Wildman–Crippen LogP) is 3.22. The number of aromatic nitrogens is 1. The van der Waals surface area contributed by atoms with Gasteiger partial charge in [-0.15, -0.1) is 0 Å². The van der Waals surface area contributed by atoms with Crippen LogP contribution in [0.2, 0.25) is 0 Å². The predicted molar refractivity (Wildman–Crippen MR) is 118 cm³/mol. The smallest absolute Gasteiger partial charge is 0.348 e. The number of hydrogen-bond donors (Lipinski definition) is 3. The molecule has 3 aromatic rings. The Bertz CT molecular complexity index is 1140. The van der Waals surface area contributed by atoms with Crippen molar-refractivity contribution >= 4 is 38.6 Å². The minimum Gasteiger partial charge on any atom is -0.461 e. The average molecular weight is 445 g/mol. The van der Waals surface area contributed by atoms with E-state index in [4.69, 9.17) is 14.9 Å². The van der Waals surface area contributed by atoms with Crippen LogP contribution in [0.4, 0.5) is 9.80 Å². The van der Waals surface area contributed by atoms with Crippen LogP contribution in [0.15, 0.2) is 39.5 Å². The molecular formula is C21H24N4O5S. The van der Waals surface area contributed by atoms with Crippen LogP contribution in [-0.2, 0) is 16.1 Å². The molecule has 0 fully saturated rings. The number of rotatable bonds is 7. The zero-order valence-electron chi connectivity index (χ0n) is 17.4. The average Bonchev–Trinajstić information content (AvgIpc) is 3.02. The van der Waals surface area contributed by atoms with E-state index in [1.165, 1.54) is 0 Å². The summed E-state index contributed by atoms with van der Waals surface area (Å²) >= 11 is 1.14. The van der Waals surface area contributed by atoms with Crippen molar-refractivity contribution in [2.24, 2.45) is 5.73 Å². The normalized spacial score (nSPS) is 12.0. The highest BCUT2D eigenvalue weighted by molar-refractivity contribution is 7.22. The summed E-state index contributed by atoms with van der Waals surface area (Å²) in [6, 6.07) is 7.89. The zero-order chi connectivity index (χ0) is 22.5. The fourth-order valence-corrected chi connectivity index (χ4v) is 3.90. The van der Waals surface area contributed by atoms with Gasteiger partial charge in [0.15, 0.2) is 0 Å². The standard InChI is InChI=1S/C21H24N4O5S/c1-11(2)23-21(28)25-18-12(3)16-19(31-18)24-17(30-20(16)27)14(22)9-15(26)29-10-13-7-5-4-6-8-13/h4-8,11,14H,9-10,22H2,1-3H3,(H2,23,25,28). The number of nitrogens with zero attached hydrogens (tertiary/aromatic N) is 1. The molecule has 164 valence electrons. The highest BCUT2D eigenvalue weighted by Crippen LogP contribution is 2.32. The number of aryl methyl sites for hydroxylation is 1. The molecule has 0 aliphatic carbocycles. The van der Waals surface area contributed by atoms with Crippen LogP contribution in [-0.4, -0.2) is 23.0 Å². The fraction of sp³-hybridized carbons (Fsp3) is 0.333. The molecule has 0 spiro atoms. The van der Waals surface area contributed by atoms with Crippen LogP contribution < -0.4 is 22.0 Å². The minimum absolute atomic E-state index is 0.0378. The molecule has 9 nitrogen and oxygen atoms in total. The monoisotopic (exact) mass is 444 g/mol. The summed E-state index contributed by atoms with van der Waals surface area (Å²) in [7, 11) is 0. The summed E-state index contributed by atoms with van der Waals surface area (Å²) in [6.07, 6.45) is -0.194. The van der Waals surface area contributed by atoms with Gasteiger partial charge in [0.25, 0.3) is 0 Å². The molecule has 0 radical (unpaired) electrons. The number of esters is 1. The van der Waals surface area contributed by atoms with Crippen LogP contribution in [0.5, 0.6) is 0 Å². The molecule has 0 saturated carbocycles. The highest BCUT2D eigenvalue weighted by atomic mass is 32.1. The van der Waals surface area contributed by atoms with E-state index in [2.05, 4.69) is 15.6 Å². The van der Waals surface area contributed by atoms with Gasteiger partial charge in [-0.25, -0.2) is 14.6 Å². The number of nitrogens with one attached hydrogen (secondary N) is 2. The number of anilines is 1. The second kappa shape index (κ2) is 9.71. The number of carbonyl (C=O) groups excluding carboxylic acids is 2. The summed E-state index contributed by atoms with van der Waals surface area (Å²) in [6.45, 7) is 5.50. The Morgan fingerprint density at radius 1 is 1.26 bits per heavy atom. The Morgan fingerprint density at radius 3 is 2.65 bits per heavy atom. The SMILES string of the molecule is Cc1c(NC(=O)NC(C)C)sc2nc(C(N)CC(=O)OCc3ccccc3)oc(=O)c12. The van der Waals surface area contributed by atoms with E-state index in [0.29, 0.717) is 15.4 Å². The van der Waals surface area contributed by atoms with Crippen LogP contribution in [0.25, 0.3) is 10.2 Å². The fourth-order valence-electron chi connectivity index (χ4n) is 2.83. The molecule has 0 aliphatic rings. The van der Waals surface area contributed by atoms with Gasteiger partial charge in [-0.3, -0.25) is 10.1 Å². The Morgan fingerprint density at radius 2 is 1.97 bits per heavy atom. The van der Waals surface area contributed by atoms with Crippen LogP contribution in [0.1, 0.15) is 43.3 Å². The van der Waals surface area contributed by atoms with Gasteiger partial charge in [0.1, 0.15) is 21.8 Å². The number of ether oxygens (including phenoxy) is 1. The first kappa shape index (κ1) is 22.4. The highest BCUT2D eigenvalue weighted by Gasteiger charge is 2.22. The molecule has 1 unspecified atom stereocenters. The topological polar surface area (TPSA) is 137 Å². The molecule has 1 atom stereocenters. The van der Waals surface area contributed by atoms with Crippen molar-refractivity contribution in [3.8, 4) is 0 Å². The van der Waals surface area contributed by atoms with E-state index in [1.54, 1.807) is 6.92 Å². The molecule has 2 amide bonds. The van der Waals surface area contributed by atoms with Gasteiger partial charge in [-0.2, -0.15) is 0 Å². The minimum atomic E-state index is -0.941. The van der Waals surface area contributed by atoms with Gasteiger partial charge >= 0.3 is 17.6 Å². The number of thiophene rings is 1. The molecule has 10 heteroatoms. The summed E-state index contributed by atoms with van der Waals surface area (Å²) < 4.78 is 10.5. The second-order valence-electron chi connectivity index (χ2n) is 7.29. The lowest BCUT2D eigenvalue weighted by Gasteiger charge is -2.09. The molecule has 4 N–H and O–H groups in total. The molecule has 0 saturated heterocycles. The third kappa shape index (κ3) is 5.68. The summed E-state index contributed by atoms with van der Waals surface area (Å²) in [5.74, 6) is -0.593. The lowest BCUT2D eigenvalue weighted by Crippen LogP contribution is -2.34. The number of amides is 2. The van der Waals surface area contributed by atoms with Crippen LogP contribution >= 0.6 is 11.3 Å². The van der Waals surface area contributed by atoms with E-state index in [9.17, 15) is 14.4 Å². The number of hydrogen-bond acceptors (Lipinski definition) is 8. The summed E-state index contributed by atoms with van der Waals surface area (Å²) in [5, 5.41) is 6.19. The maximum Gasteiger partial charge on any atom is 0.348 e. The number of carbonyl (C=O) groups is 2. The van der Waals surface area contributed by atoms with Crippen molar-refractivity contribution in [1.82, 2.24) is 10.3 Å². The lowest BCUT2D eigenvalue weighted by atomic mass is 10.2. The molecule has 2 aromatic heterocycles. The number of urea groups is 1. The van der Waals surface area contributed by atoms with Gasteiger partial charge in [0.2, 0.25) is 5.89 Å². The van der Waals surface area contributed by atoms with Crippen molar-refractivity contribution in [1.29, 1.82) is 0 Å². The van der Waals surface area contributed by atoms with Crippen molar-refractivity contribution < 1.29 is 18.7 Å². The van der Waals surface area contributed by atoms with Gasteiger partial charge in [0, 0.05) is 11.6 Å². The summed E-state index contributed by atoms with van der Waals surface area (Å²) in [5.41, 5.74) is 6.82. The van der Waals surface area contributed by atoms with E-state index in [1.807, 2.05) is 44.2 Å². The Kier molecular flexibility index (Phi) is 7.03. The number of benzene rings is 1. The second-order valence-corrected chi connectivity index (χ2v) is 8.29. The Balaban J connectivity index is 1.72. The molecule has 0 aliphatic heterocycles. The van der Waals surface area contributed by atoms with E-state index >= 15 is 0 Å². The zero-order valence-corrected chi connectivity index (χ0v) is 18.2. The summed E-state index contributed by atoms with van der Waals surface area (Å²) in [4.78, 5) is 41.3. The Hall–Kier alpha value is -3.24. The lowest BCUT2D eigenvalue weighted by molar-refractivity contribution is -0.145. The van der Waals surface area contributed by atoms with Gasteiger partial charge < -0.3 is 20.2 Å². The van der Waals surface area contributed by atoms with Gasteiger partial charge in [-0.1, -0.05) is 41.7 Å². The molecule has 31 heavy (non-hydrogen) atoms. The maximum atomic E-state index is 12.5. The maximum absolute atomic E-state index is 12.5. The molecule has 1 aromatic carbocycles. The molecule has 0 bridgehead atoms. The molecule has 2 heterocycles. The van der Waals surface area contributed by atoms with Crippen LogP contribution in [0, 0.1) is 6.92 Å². The van der Waals surface area contributed by atoms with Crippen molar-refractivity contribution in [3.05, 3.63) is 57.8 Å². The van der Waals surface area contributed by atoms with E-state index in [0.717, 1.165) is 16.9 Å². The van der Waals surface area contributed by atoms with Crippen molar-refractivity contribution in [2.45, 2.75) is 45.9 Å². The first-order valence-corrected chi connectivity index (χ1v) is 10.5.